The highest BCUT2D eigenvalue weighted by atomic mass is 32.2. The molecule has 0 unspecified atom stereocenters. The molecular weight excluding hydrogens is 421 g/mol. The van der Waals surface area contributed by atoms with Crippen LogP contribution in [0.1, 0.15) is 5.69 Å². The maximum absolute atomic E-state index is 13.2. The zero-order chi connectivity index (χ0) is 20.9. The fourth-order valence-corrected chi connectivity index (χ4v) is 4.64. The highest BCUT2D eigenvalue weighted by Crippen LogP contribution is 2.35. The minimum absolute atomic E-state index is 0.104. The fraction of sp³-hybridized carbons (Fsp3) is 0.136. The van der Waals surface area contributed by atoms with Gasteiger partial charge in [0.1, 0.15) is 17.1 Å². The Balaban J connectivity index is 1.62. The second-order valence-electron chi connectivity index (χ2n) is 6.35. The van der Waals surface area contributed by atoms with E-state index in [2.05, 4.69) is 9.97 Å². The lowest BCUT2D eigenvalue weighted by atomic mass is 10.3. The topological polar surface area (TPSA) is 55.3 Å². The summed E-state index contributed by atoms with van der Waals surface area (Å²) < 4.78 is 19.5. The van der Waals surface area contributed by atoms with Crippen LogP contribution in [0.25, 0.3) is 10.2 Å². The summed E-state index contributed by atoms with van der Waals surface area (Å²) in [6.07, 6.45) is 1.70. The Morgan fingerprint density at radius 1 is 1.13 bits per heavy atom. The number of hydrogen-bond acceptors (Lipinski definition) is 6. The van der Waals surface area contributed by atoms with Crippen molar-refractivity contribution in [2.45, 2.75) is 11.4 Å². The van der Waals surface area contributed by atoms with E-state index in [-0.39, 0.29) is 17.5 Å². The Hall–Kier alpha value is -2.97. The number of thiazole rings is 1. The van der Waals surface area contributed by atoms with Crippen molar-refractivity contribution in [3.63, 3.8) is 0 Å². The van der Waals surface area contributed by atoms with Crippen LogP contribution in [0.2, 0.25) is 0 Å². The van der Waals surface area contributed by atoms with Crippen molar-refractivity contribution in [1.29, 1.82) is 0 Å². The second kappa shape index (κ2) is 9.23. The number of carbonyl (C=O) groups excluding carboxylic acids is 1. The van der Waals surface area contributed by atoms with E-state index in [9.17, 15) is 9.18 Å². The van der Waals surface area contributed by atoms with Crippen molar-refractivity contribution >= 4 is 44.4 Å². The first kappa shape index (κ1) is 20.3. The Morgan fingerprint density at radius 2 is 1.97 bits per heavy atom. The van der Waals surface area contributed by atoms with Crippen LogP contribution in [0.3, 0.4) is 0 Å². The lowest BCUT2D eigenvalue weighted by molar-refractivity contribution is -0.116. The molecule has 4 aromatic rings. The molecule has 0 aliphatic carbocycles. The standard InChI is InChI=1S/C22H18FN3O2S2/c1-28-18-6-4-7-19-21(18)25-22(30-19)26(13-16-5-2-3-12-24-16)20(27)14-29-17-10-8-15(23)9-11-17/h2-12H,13-14H2,1H3. The van der Waals surface area contributed by atoms with Crippen molar-refractivity contribution in [3.8, 4) is 5.75 Å². The van der Waals surface area contributed by atoms with Gasteiger partial charge in [0.2, 0.25) is 5.91 Å². The maximum atomic E-state index is 13.2. The number of aromatic nitrogens is 2. The molecule has 0 aliphatic heterocycles. The van der Waals surface area contributed by atoms with Crippen molar-refractivity contribution in [2.75, 3.05) is 17.8 Å². The molecule has 30 heavy (non-hydrogen) atoms. The number of amides is 1. The summed E-state index contributed by atoms with van der Waals surface area (Å²) in [6, 6.07) is 17.4. The molecule has 2 aromatic carbocycles. The van der Waals surface area contributed by atoms with Crippen LogP contribution >= 0.6 is 23.1 Å². The van der Waals surface area contributed by atoms with Gasteiger partial charge in [0.05, 0.1) is 29.8 Å². The molecule has 0 radical (unpaired) electrons. The minimum atomic E-state index is -0.300. The number of benzene rings is 2. The number of anilines is 1. The third kappa shape index (κ3) is 4.60. The molecule has 1 amide bonds. The van der Waals surface area contributed by atoms with Gasteiger partial charge in [0, 0.05) is 11.1 Å². The number of fused-ring (bicyclic) bond motifs is 1. The maximum Gasteiger partial charge on any atom is 0.239 e. The number of carbonyl (C=O) groups is 1. The van der Waals surface area contributed by atoms with Crippen LogP contribution in [-0.4, -0.2) is 28.7 Å². The van der Waals surface area contributed by atoms with E-state index in [1.807, 2.05) is 36.4 Å². The number of para-hydroxylation sites is 1. The molecule has 2 aromatic heterocycles. The molecule has 0 N–H and O–H groups in total. The van der Waals surface area contributed by atoms with E-state index < -0.39 is 0 Å². The fourth-order valence-electron chi connectivity index (χ4n) is 2.86. The van der Waals surface area contributed by atoms with E-state index in [1.165, 1.54) is 35.2 Å². The Labute approximate surface area is 181 Å². The zero-order valence-electron chi connectivity index (χ0n) is 16.1. The monoisotopic (exact) mass is 439 g/mol. The average molecular weight is 440 g/mol. The van der Waals surface area contributed by atoms with E-state index in [0.717, 1.165) is 20.8 Å². The van der Waals surface area contributed by atoms with E-state index in [4.69, 9.17) is 4.74 Å². The molecule has 4 rings (SSSR count). The number of nitrogens with zero attached hydrogens (tertiary/aromatic N) is 3. The molecule has 0 bridgehead atoms. The molecule has 152 valence electrons. The molecule has 5 nitrogen and oxygen atoms in total. The molecule has 0 spiro atoms. The minimum Gasteiger partial charge on any atom is -0.494 e. The van der Waals surface area contributed by atoms with Gasteiger partial charge in [-0.25, -0.2) is 9.37 Å². The predicted molar refractivity (Wildman–Crippen MR) is 119 cm³/mol. The summed E-state index contributed by atoms with van der Waals surface area (Å²) in [6.45, 7) is 0.311. The summed E-state index contributed by atoms with van der Waals surface area (Å²) in [5, 5.41) is 0.588. The highest BCUT2D eigenvalue weighted by Gasteiger charge is 2.22. The molecule has 0 fully saturated rings. The third-order valence-electron chi connectivity index (χ3n) is 4.34. The number of methoxy groups -OCH3 is 1. The summed E-state index contributed by atoms with van der Waals surface area (Å²) >= 11 is 2.79. The van der Waals surface area contributed by atoms with Crippen LogP contribution in [0.15, 0.2) is 71.8 Å². The second-order valence-corrected chi connectivity index (χ2v) is 8.40. The van der Waals surface area contributed by atoms with Crippen LogP contribution in [0.5, 0.6) is 5.75 Å². The largest absolute Gasteiger partial charge is 0.494 e. The molecule has 0 saturated carbocycles. The van der Waals surface area contributed by atoms with Crippen molar-refractivity contribution in [1.82, 2.24) is 9.97 Å². The van der Waals surface area contributed by atoms with Gasteiger partial charge in [-0.1, -0.05) is 23.5 Å². The number of halogens is 1. The quantitative estimate of drug-likeness (QED) is 0.372. The number of thioether (sulfide) groups is 1. The van der Waals surface area contributed by atoms with Gasteiger partial charge in [-0.2, -0.15) is 0 Å². The molecular formula is C22H18FN3O2S2. The van der Waals surface area contributed by atoms with Gasteiger partial charge in [-0.3, -0.25) is 14.7 Å². The van der Waals surface area contributed by atoms with Gasteiger partial charge in [0.25, 0.3) is 0 Å². The number of hydrogen-bond donors (Lipinski definition) is 0. The number of rotatable bonds is 7. The highest BCUT2D eigenvalue weighted by molar-refractivity contribution is 8.00. The Bertz CT molecular complexity index is 1150. The van der Waals surface area contributed by atoms with Gasteiger partial charge < -0.3 is 4.74 Å². The van der Waals surface area contributed by atoms with Crippen molar-refractivity contribution < 1.29 is 13.9 Å². The van der Waals surface area contributed by atoms with Crippen LogP contribution in [0, 0.1) is 5.82 Å². The van der Waals surface area contributed by atoms with Gasteiger partial charge >= 0.3 is 0 Å². The summed E-state index contributed by atoms with van der Waals surface area (Å²) in [5.74, 6) is 0.464. The van der Waals surface area contributed by atoms with Crippen LogP contribution < -0.4 is 9.64 Å². The average Bonchev–Trinajstić information content (AvgIpc) is 3.21. The van der Waals surface area contributed by atoms with E-state index >= 15 is 0 Å². The van der Waals surface area contributed by atoms with Gasteiger partial charge in [-0.15, -0.1) is 11.8 Å². The van der Waals surface area contributed by atoms with Gasteiger partial charge in [-0.05, 0) is 48.5 Å². The predicted octanol–water partition coefficient (Wildman–Crippen LogP) is 5.16. The lowest BCUT2D eigenvalue weighted by Crippen LogP contribution is -2.32. The summed E-state index contributed by atoms with van der Waals surface area (Å²) in [5.41, 5.74) is 1.49. The first-order chi connectivity index (χ1) is 14.6. The van der Waals surface area contributed by atoms with Gasteiger partial charge in [0.15, 0.2) is 5.13 Å². The first-order valence-corrected chi connectivity index (χ1v) is 11.0. The smallest absolute Gasteiger partial charge is 0.239 e. The molecule has 0 atom stereocenters. The number of pyridine rings is 1. The molecule has 2 heterocycles. The van der Waals surface area contributed by atoms with Crippen LogP contribution in [0.4, 0.5) is 9.52 Å². The molecule has 0 aliphatic rings. The molecule has 8 heteroatoms. The van der Waals surface area contributed by atoms with Crippen LogP contribution in [-0.2, 0) is 11.3 Å². The first-order valence-electron chi connectivity index (χ1n) is 9.16. The van der Waals surface area contributed by atoms with Crippen molar-refractivity contribution in [2.24, 2.45) is 0 Å². The normalized spacial score (nSPS) is 10.9. The number of ether oxygens (including phenoxy) is 1. The third-order valence-corrected chi connectivity index (χ3v) is 6.39. The molecule has 0 saturated heterocycles. The zero-order valence-corrected chi connectivity index (χ0v) is 17.8. The SMILES string of the molecule is COc1cccc2sc(N(Cc3ccccn3)C(=O)CSc3ccc(F)cc3)nc12. The van der Waals surface area contributed by atoms with E-state index in [1.54, 1.807) is 30.3 Å². The van der Waals surface area contributed by atoms with Crippen molar-refractivity contribution in [3.05, 3.63) is 78.4 Å². The Morgan fingerprint density at radius 3 is 2.70 bits per heavy atom. The lowest BCUT2D eigenvalue weighted by Gasteiger charge is -2.19. The summed E-state index contributed by atoms with van der Waals surface area (Å²) in [4.78, 5) is 24.7. The summed E-state index contributed by atoms with van der Waals surface area (Å²) in [7, 11) is 1.60. The van der Waals surface area contributed by atoms with E-state index in [0.29, 0.717) is 17.4 Å². The Kier molecular flexibility index (Phi) is 6.25.